The highest BCUT2D eigenvalue weighted by Crippen LogP contribution is 2.15. The number of anilines is 1. The molecule has 2 aromatic rings. The second kappa shape index (κ2) is 5.92. The van der Waals surface area contributed by atoms with Gasteiger partial charge in [-0.05, 0) is 24.3 Å². The van der Waals surface area contributed by atoms with Crippen molar-refractivity contribution in [2.75, 3.05) is 5.43 Å². The number of benzene rings is 1. The summed E-state index contributed by atoms with van der Waals surface area (Å²) in [5, 5.41) is 14.7. The number of rotatable bonds is 4. The number of halogens is 1. The van der Waals surface area contributed by atoms with Crippen molar-refractivity contribution in [3.63, 3.8) is 0 Å². The molecule has 7 heteroatoms. The molecule has 0 aliphatic carbocycles. The van der Waals surface area contributed by atoms with Crippen molar-refractivity contribution in [2.45, 2.75) is 0 Å². The summed E-state index contributed by atoms with van der Waals surface area (Å²) in [7, 11) is 0. The molecule has 0 spiro atoms. The fraction of sp³-hybridized carbons (Fsp3) is 0. The number of nitro groups is 1. The molecule has 0 fully saturated rings. The molecule has 1 N–H and O–H groups in total. The molecule has 0 saturated carbocycles. The average Bonchev–Trinajstić information content (AvgIpc) is 2.46. The fourth-order valence-electron chi connectivity index (χ4n) is 1.33. The van der Waals surface area contributed by atoms with Crippen LogP contribution in [0.4, 0.5) is 11.4 Å². The number of nitrogens with zero attached hydrogens (tertiary/aromatic N) is 3. The van der Waals surface area contributed by atoms with Gasteiger partial charge in [0, 0.05) is 30.1 Å². The molecule has 0 bridgehead atoms. The second-order valence-corrected chi connectivity index (χ2v) is 3.91. The maximum atomic E-state index is 10.5. The first kappa shape index (κ1) is 13.0. The van der Waals surface area contributed by atoms with Gasteiger partial charge in [0.2, 0.25) is 0 Å². The van der Waals surface area contributed by atoms with E-state index in [-0.39, 0.29) is 10.9 Å². The highest BCUT2D eigenvalue weighted by Gasteiger charge is 2.03. The van der Waals surface area contributed by atoms with Gasteiger partial charge in [0.15, 0.2) is 5.17 Å². The van der Waals surface area contributed by atoms with Crippen molar-refractivity contribution in [3.8, 4) is 0 Å². The van der Waals surface area contributed by atoms with Gasteiger partial charge in [0.1, 0.15) is 0 Å². The average molecular weight is 277 g/mol. The molecule has 0 aliphatic rings. The lowest BCUT2D eigenvalue weighted by atomic mass is 10.3. The van der Waals surface area contributed by atoms with E-state index in [4.69, 9.17) is 11.6 Å². The van der Waals surface area contributed by atoms with Crippen LogP contribution in [0, 0.1) is 10.1 Å². The topological polar surface area (TPSA) is 80.4 Å². The number of aromatic nitrogens is 1. The Morgan fingerprint density at radius 1 is 1.21 bits per heavy atom. The lowest BCUT2D eigenvalue weighted by Gasteiger charge is -2.01. The van der Waals surface area contributed by atoms with E-state index in [1.165, 1.54) is 12.1 Å². The van der Waals surface area contributed by atoms with Gasteiger partial charge in [-0.2, -0.15) is 5.10 Å². The maximum absolute atomic E-state index is 10.5. The monoisotopic (exact) mass is 276 g/mol. The van der Waals surface area contributed by atoms with Crippen LogP contribution in [0.3, 0.4) is 0 Å². The normalized spacial score (nSPS) is 11.1. The lowest BCUT2D eigenvalue weighted by Crippen LogP contribution is -1.97. The number of pyridine rings is 1. The van der Waals surface area contributed by atoms with Crippen molar-refractivity contribution >= 4 is 28.1 Å². The molecule has 0 saturated heterocycles. The molecular weight excluding hydrogens is 268 g/mol. The summed E-state index contributed by atoms with van der Waals surface area (Å²) in [6.45, 7) is 0. The lowest BCUT2D eigenvalue weighted by molar-refractivity contribution is -0.384. The van der Waals surface area contributed by atoms with Crippen LogP contribution in [0.1, 0.15) is 5.56 Å². The van der Waals surface area contributed by atoms with E-state index in [1.807, 2.05) is 0 Å². The van der Waals surface area contributed by atoms with Crippen molar-refractivity contribution in [1.29, 1.82) is 0 Å². The van der Waals surface area contributed by atoms with Crippen LogP contribution < -0.4 is 5.43 Å². The minimum atomic E-state index is -0.461. The first-order valence-electron chi connectivity index (χ1n) is 5.31. The first-order valence-corrected chi connectivity index (χ1v) is 5.68. The summed E-state index contributed by atoms with van der Waals surface area (Å²) >= 11 is 5.99. The predicted molar refractivity (Wildman–Crippen MR) is 73.3 cm³/mol. The molecule has 1 heterocycles. The number of non-ortho nitro benzene ring substituents is 1. The second-order valence-electron chi connectivity index (χ2n) is 3.55. The van der Waals surface area contributed by atoms with E-state index in [0.717, 1.165) is 5.56 Å². The molecule has 0 atom stereocenters. The van der Waals surface area contributed by atoms with Crippen molar-refractivity contribution in [2.24, 2.45) is 5.10 Å². The van der Waals surface area contributed by atoms with E-state index < -0.39 is 4.92 Å². The van der Waals surface area contributed by atoms with E-state index in [9.17, 15) is 10.1 Å². The van der Waals surface area contributed by atoms with Crippen LogP contribution in [0.5, 0.6) is 0 Å². The Labute approximate surface area is 113 Å². The van der Waals surface area contributed by atoms with Crippen LogP contribution >= 0.6 is 11.6 Å². The molecule has 0 radical (unpaired) electrons. The molecule has 0 amide bonds. The minimum Gasteiger partial charge on any atom is -0.277 e. The van der Waals surface area contributed by atoms with Crippen molar-refractivity contribution in [3.05, 3.63) is 64.5 Å². The molecule has 2 rings (SSSR count). The summed E-state index contributed by atoms with van der Waals surface area (Å²) in [6, 6.07) is 9.33. The van der Waals surface area contributed by atoms with Crippen LogP contribution in [0.15, 0.2) is 53.9 Å². The Balaban J connectivity index is 2.08. The molecular formula is C12H9ClN4O2. The van der Waals surface area contributed by atoms with E-state index in [2.05, 4.69) is 15.5 Å². The Hall–Kier alpha value is -2.47. The summed E-state index contributed by atoms with van der Waals surface area (Å²) in [5.74, 6) is 0. The molecule has 1 aromatic carbocycles. The Morgan fingerprint density at radius 3 is 2.42 bits per heavy atom. The number of hydrazone groups is 1. The third-order valence-corrected chi connectivity index (χ3v) is 2.58. The Kier molecular flexibility index (Phi) is 4.04. The van der Waals surface area contributed by atoms with Gasteiger partial charge in [-0.3, -0.25) is 20.5 Å². The molecule has 6 nitrogen and oxygen atoms in total. The number of nitro benzene ring substituents is 1. The largest absolute Gasteiger partial charge is 0.277 e. The smallest absolute Gasteiger partial charge is 0.269 e. The molecule has 96 valence electrons. The third-order valence-electron chi connectivity index (χ3n) is 2.28. The van der Waals surface area contributed by atoms with Gasteiger partial charge in [-0.15, -0.1) is 0 Å². The minimum absolute atomic E-state index is 0.0229. The fourth-order valence-corrected chi connectivity index (χ4v) is 1.49. The van der Waals surface area contributed by atoms with E-state index in [1.54, 1.807) is 36.7 Å². The first-order chi connectivity index (χ1) is 9.16. The van der Waals surface area contributed by atoms with Gasteiger partial charge in [0.25, 0.3) is 5.69 Å². The van der Waals surface area contributed by atoms with Crippen LogP contribution in [-0.2, 0) is 0 Å². The van der Waals surface area contributed by atoms with Gasteiger partial charge >= 0.3 is 0 Å². The Morgan fingerprint density at radius 2 is 1.84 bits per heavy atom. The Bertz CT molecular complexity index is 599. The summed E-state index contributed by atoms with van der Waals surface area (Å²) in [6.07, 6.45) is 3.22. The number of hydrogen-bond donors (Lipinski definition) is 1. The van der Waals surface area contributed by atoms with Crippen LogP contribution in [0.25, 0.3) is 0 Å². The molecule has 0 unspecified atom stereocenters. The number of nitrogens with one attached hydrogen (secondary N) is 1. The molecule has 1 aromatic heterocycles. The zero-order valence-corrected chi connectivity index (χ0v) is 10.4. The zero-order chi connectivity index (χ0) is 13.7. The quantitative estimate of drug-likeness (QED) is 0.529. The molecule has 19 heavy (non-hydrogen) atoms. The highest BCUT2D eigenvalue weighted by atomic mass is 35.5. The van der Waals surface area contributed by atoms with Crippen LogP contribution in [0.2, 0.25) is 0 Å². The summed E-state index contributed by atoms with van der Waals surface area (Å²) < 4.78 is 0. The third kappa shape index (κ3) is 3.49. The van der Waals surface area contributed by atoms with E-state index in [0.29, 0.717) is 5.69 Å². The molecule has 0 aliphatic heterocycles. The van der Waals surface area contributed by atoms with Crippen molar-refractivity contribution in [1.82, 2.24) is 4.98 Å². The van der Waals surface area contributed by atoms with Gasteiger partial charge in [-0.25, -0.2) is 0 Å². The van der Waals surface area contributed by atoms with Gasteiger partial charge < -0.3 is 0 Å². The standard InChI is InChI=1S/C12H9ClN4O2/c13-12(9-5-7-14-8-6-9)16-15-10-1-3-11(4-2-10)17(18)19/h1-8,15H/b16-12+. The zero-order valence-electron chi connectivity index (χ0n) is 9.65. The van der Waals surface area contributed by atoms with Gasteiger partial charge in [0.05, 0.1) is 10.6 Å². The van der Waals surface area contributed by atoms with E-state index >= 15 is 0 Å². The maximum Gasteiger partial charge on any atom is 0.269 e. The van der Waals surface area contributed by atoms with Crippen molar-refractivity contribution < 1.29 is 4.92 Å². The van der Waals surface area contributed by atoms with Gasteiger partial charge in [-0.1, -0.05) is 11.6 Å². The number of hydrogen-bond acceptors (Lipinski definition) is 5. The highest BCUT2D eigenvalue weighted by molar-refractivity contribution is 6.69. The summed E-state index contributed by atoms with van der Waals surface area (Å²) in [5.41, 5.74) is 4.08. The predicted octanol–water partition coefficient (Wildman–Crippen LogP) is 3.00. The summed E-state index contributed by atoms with van der Waals surface area (Å²) in [4.78, 5) is 13.9. The van der Waals surface area contributed by atoms with Crippen LogP contribution in [-0.4, -0.2) is 15.1 Å². The SMILES string of the molecule is O=[N+]([O-])c1ccc(N/N=C(/Cl)c2ccncc2)cc1.